The highest BCUT2D eigenvalue weighted by molar-refractivity contribution is 5.94. The number of esters is 1. The van der Waals surface area contributed by atoms with E-state index in [1.807, 2.05) is 0 Å². The Morgan fingerprint density at radius 3 is 2.50 bits per heavy atom. The molecule has 0 aliphatic carbocycles. The lowest BCUT2D eigenvalue weighted by molar-refractivity contribution is -0.145. The summed E-state index contributed by atoms with van der Waals surface area (Å²) in [5, 5.41) is 0. The fraction of sp³-hybridized carbons (Fsp3) is 0.600. The van der Waals surface area contributed by atoms with Crippen molar-refractivity contribution in [2.45, 2.75) is 26.2 Å². The Kier molecular flexibility index (Phi) is 7.50. The molecule has 0 radical (unpaired) electrons. The summed E-state index contributed by atoms with van der Waals surface area (Å²) in [6.45, 7) is 5.67. The van der Waals surface area contributed by atoms with Crippen molar-refractivity contribution in [1.82, 2.24) is 0 Å². The van der Waals surface area contributed by atoms with Crippen LogP contribution in [0, 0.1) is 0 Å². The van der Waals surface area contributed by atoms with Gasteiger partial charge in [0.2, 0.25) is 0 Å². The molecule has 0 atom stereocenters. The van der Waals surface area contributed by atoms with E-state index in [0.29, 0.717) is 13.2 Å². The van der Waals surface area contributed by atoms with Crippen LogP contribution in [0.1, 0.15) is 26.2 Å². The Hall–Kier alpha value is -1.32. The molecule has 0 aromatic heterocycles. The van der Waals surface area contributed by atoms with Crippen LogP contribution in [0.4, 0.5) is 0 Å². The van der Waals surface area contributed by atoms with Crippen molar-refractivity contribution in [2.75, 3.05) is 13.2 Å². The molecule has 14 heavy (non-hydrogen) atoms. The molecule has 4 heteroatoms. The minimum absolute atomic E-state index is 0.136. The van der Waals surface area contributed by atoms with Gasteiger partial charge in [0.25, 0.3) is 0 Å². The van der Waals surface area contributed by atoms with Gasteiger partial charge >= 0.3 is 5.97 Å². The van der Waals surface area contributed by atoms with Gasteiger partial charge in [-0.1, -0.05) is 6.58 Å². The molecule has 4 nitrogen and oxygen atoms in total. The zero-order chi connectivity index (χ0) is 10.8. The minimum Gasteiger partial charge on any atom is -0.502 e. The summed E-state index contributed by atoms with van der Waals surface area (Å²) >= 11 is 0. The quantitative estimate of drug-likeness (QED) is 0.257. The van der Waals surface area contributed by atoms with Crippen molar-refractivity contribution in [3.05, 3.63) is 12.8 Å². The van der Waals surface area contributed by atoms with E-state index in [1.165, 1.54) is 13.2 Å². The van der Waals surface area contributed by atoms with Gasteiger partial charge in [-0.2, -0.15) is 0 Å². The first-order valence-corrected chi connectivity index (χ1v) is 4.54. The van der Waals surface area contributed by atoms with Gasteiger partial charge in [-0.05, 0) is 19.8 Å². The first kappa shape index (κ1) is 12.7. The fourth-order valence-electron chi connectivity index (χ4n) is 0.811. The van der Waals surface area contributed by atoms with Crippen LogP contribution in [0.3, 0.4) is 0 Å². The number of unbranched alkanes of at least 4 members (excludes halogenated alkanes) is 1. The van der Waals surface area contributed by atoms with Crippen LogP contribution in [0.25, 0.3) is 0 Å². The lowest BCUT2D eigenvalue weighted by atomic mass is 10.3. The van der Waals surface area contributed by atoms with Crippen molar-refractivity contribution in [2.24, 2.45) is 0 Å². The second-order valence-electron chi connectivity index (χ2n) is 2.84. The lowest BCUT2D eigenvalue weighted by Crippen LogP contribution is -2.10. The van der Waals surface area contributed by atoms with Gasteiger partial charge in [-0.15, -0.1) is 0 Å². The molecule has 80 valence electrons. The van der Waals surface area contributed by atoms with E-state index in [-0.39, 0.29) is 12.2 Å². The molecule has 0 N–H and O–H groups in total. The third-order valence-corrected chi connectivity index (χ3v) is 1.43. The summed E-state index contributed by atoms with van der Waals surface area (Å²) in [6.07, 6.45) is 2.78. The van der Waals surface area contributed by atoms with Gasteiger partial charge in [0, 0.05) is 0 Å². The molecule has 0 aromatic carbocycles. The molecule has 0 aliphatic rings. The SMILES string of the molecule is C=COCCCCOC(=O)CC(C)=O. The Bertz CT molecular complexity index is 198. The molecule has 0 fully saturated rings. The highest BCUT2D eigenvalue weighted by Crippen LogP contribution is 1.94. The van der Waals surface area contributed by atoms with Gasteiger partial charge in [0.15, 0.2) is 0 Å². The van der Waals surface area contributed by atoms with Crippen LogP contribution in [-0.2, 0) is 19.1 Å². The summed E-state index contributed by atoms with van der Waals surface area (Å²) in [4.78, 5) is 21.3. The Labute approximate surface area is 83.9 Å². The first-order valence-electron chi connectivity index (χ1n) is 4.54. The normalized spacial score (nSPS) is 9.21. The number of rotatable bonds is 8. The summed E-state index contributed by atoms with van der Waals surface area (Å²) in [5.41, 5.74) is 0. The van der Waals surface area contributed by atoms with Crippen molar-refractivity contribution in [3.63, 3.8) is 0 Å². The maximum atomic E-state index is 10.9. The zero-order valence-corrected chi connectivity index (χ0v) is 8.45. The van der Waals surface area contributed by atoms with E-state index in [0.717, 1.165) is 12.8 Å². The number of hydrogen-bond donors (Lipinski definition) is 0. The van der Waals surface area contributed by atoms with Crippen LogP contribution < -0.4 is 0 Å². The number of ether oxygens (including phenoxy) is 2. The first-order chi connectivity index (χ1) is 6.66. The molecule has 0 aromatic rings. The Balaban J connectivity index is 3.23. The summed E-state index contributed by atoms with van der Waals surface area (Å²) in [6, 6.07) is 0. The van der Waals surface area contributed by atoms with Gasteiger partial charge in [-0.25, -0.2) is 0 Å². The molecule has 0 aliphatic heterocycles. The van der Waals surface area contributed by atoms with Crippen LogP contribution in [0.2, 0.25) is 0 Å². The maximum absolute atomic E-state index is 10.9. The Morgan fingerprint density at radius 2 is 1.93 bits per heavy atom. The second-order valence-corrected chi connectivity index (χ2v) is 2.84. The zero-order valence-electron chi connectivity index (χ0n) is 8.45. The highest BCUT2D eigenvalue weighted by Gasteiger charge is 2.05. The Morgan fingerprint density at radius 1 is 1.29 bits per heavy atom. The largest absolute Gasteiger partial charge is 0.502 e. The number of ketones is 1. The molecule has 0 heterocycles. The summed E-state index contributed by atoms with van der Waals surface area (Å²) in [5.74, 6) is -0.632. The molecular weight excluding hydrogens is 184 g/mol. The third kappa shape index (κ3) is 8.77. The topological polar surface area (TPSA) is 52.6 Å². The molecule has 0 bridgehead atoms. The van der Waals surface area contributed by atoms with E-state index in [1.54, 1.807) is 0 Å². The smallest absolute Gasteiger partial charge is 0.313 e. The number of carbonyl (C=O) groups is 2. The molecular formula is C10H16O4. The van der Waals surface area contributed by atoms with Crippen molar-refractivity contribution in [1.29, 1.82) is 0 Å². The lowest BCUT2D eigenvalue weighted by Gasteiger charge is -2.03. The van der Waals surface area contributed by atoms with E-state index in [4.69, 9.17) is 9.47 Å². The second kappa shape index (κ2) is 8.29. The molecule has 0 saturated heterocycles. The average molecular weight is 200 g/mol. The fourth-order valence-corrected chi connectivity index (χ4v) is 0.811. The molecule has 0 amide bonds. The van der Waals surface area contributed by atoms with Gasteiger partial charge in [-0.3, -0.25) is 9.59 Å². The molecule has 0 unspecified atom stereocenters. The van der Waals surface area contributed by atoms with Gasteiger partial charge in [0.05, 0.1) is 19.5 Å². The van der Waals surface area contributed by atoms with Gasteiger partial charge in [0.1, 0.15) is 12.2 Å². The van der Waals surface area contributed by atoms with Crippen LogP contribution in [0.5, 0.6) is 0 Å². The monoisotopic (exact) mass is 200 g/mol. The predicted octanol–water partition coefficient (Wildman–Crippen LogP) is 1.45. The van der Waals surface area contributed by atoms with Crippen molar-refractivity contribution in [3.8, 4) is 0 Å². The van der Waals surface area contributed by atoms with Crippen molar-refractivity contribution >= 4 is 11.8 Å². The highest BCUT2D eigenvalue weighted by atomic mass is 16.5. The molecule has 0 spiro atoms. The van der Waals surface area contributed by atoms with E-state index in [9.17, 15) is 9.59 Å². The van der Waals surface area contributed by atoms with Crippen molar-refractivity contribution < 1.29 is 19.1 Å². The third-order valence-electron chi connectivity index (χ3n) is 1.43. The standard InChI is InChI=1S/C10H16O4/c1-3-13-6-4-5-7-14-10(12)8-9(2)11/h3H,1,4-8H2,2H3. The van der Waals surface area contributed by atoms with Crippen LogP contribution in [0.15, 0.2) is 12.8 Å². The average Bonchev–Trinajstić information content (AvgIpc) is 2.10. The van der Waals surface area contributed by atoms with E-state index < -0.39 is 5.97 Å². The number of Topliss-reactive ketones (excluding diaryl/α,β-unsaturated/α-hetero) is 1. The van der Waals surface area contributed by atoms with E-state index in [2.05, 4.69) is 6.58 Å². The minimum atomic E-state index is -0.456. The van der Waals surface area contributed by atoms with Crippen LogP contribution >= 0.6 is 0 Å². The number of hydrogen-bond acceptors (Lipinski definition) is 4. The van der Waals surface area contributed by atoms with Gasteiger partial charge < -0.3 is 9.47 Å². The maximum Gasteiger partial charge on any atom is 0.313 e. The molecule has 0 saturated carbocycles. The summed E-state index contributed by atoms with van der Waals surface area (Å²) < 4.78 is 9.67. The van der Waals surface area contributed by atoms with E-state index >= 15 is 0 Å². The number of carbonyl (C=O) groups excluding carboxylic acids is 2. The van der Waals surface area contributed by atoms with Crippen LogP contribution in [-0.4, -0.2) is 25.0 Å². The summed E-state index contributed by atoms with van der Waals surface area (Å²) in [7, 11) is 0. The molecule has 0 rings (SSSR count). The predicted molar refractivity (Wildman–Crippen MR) is 51.6 cm³/mol.